The van der Waals surface area contributed by atoms with Gasteiger partial charge in [-0.05, 0) is 107 Å². The highest BCUT2D eigenvalue weighted by Crippen LogP contribution is 2.44. The van der Waals surface area contributed by atoms with Crippen LogP contribution in [0.2, 0.25) is 0 Å². The zero-order valence-electron chi connectivity index (χ0n) is 17.0. The maximum absolute atomic E-state index is 14.0. The van der Waals surface area contributed by atoms with Crippen LogP contribution in [0.5, 0.6) is 0 Å². The first-order valence-corrected chi connectivity index (χ1v) is 11.5. The van der Waals surface area contributed by atoms with Gasteiger partial charge in [0.05, 0.1) is 0 Å². The molecule has 0 N–H and O–H groups in total. The summed E-state index contributed by atoms with van der Waals surface area (Å²) in [4.78, 5) is 0. The molecule has 6 aromatic rings. The van der Waals surface area contributed by atoms with E-state index >= 15 is 0 Å². The highest BCUT2D eigenvalue weighted by atomic mass is 127. The van der Waals surface area contributed by atoms with E-state index in [0.29, 0.717) is 3.57 Å². The number of fused-ring (bicyclic) bond motifs is 3. The molecule has 0 aromatic heterocycles. The molecule has 0 amide bonds. The van der Waals surface area contributed by atoms with Crippen molar-refractivity contribution in [3.8, 4) is 22.3 Å². The molecule has 0 saturated heterocycles. The predicted molar refractivity (Wildman–Crippen MR) is 140 cm³/mol. The molecule has 0 unspecified atom stereocenters. The third-order valence-corrected chi connectivity index (χ3v) is 6.88. The van der Waals surface area contributed by atoms with Crippen molar-refractivity contribution in [3.05, 3.63) is 119 Å². The minimum atomic E-state index is -0.190. The Kier molecular flexibility index (Phi) is 4.59. The number of hydrogen-bond acceptors (Lipinski definition) is 0. The summed E-state index contributed by atoms with van der Waals surface area (Å²) in [6.07, 6.45) is 0. The molecule has 0 nitrogen and oxygen atoms in total. The lowest BCUT2D eigenvalue weighted by Crippen LogP contribution is -1.92. The molecular weight excluding hydrogens is 506 g/mol. The number of hydrogen-bond donors (Lipinski definition) is 0. The quantitative estimate of drug-likeness (QED) is 0.158. The van der Waals surface area contributed by atoms with Crippen LogP contribution in [0.15, 0.2) is 97.1 Å². The van der Waals surface area contributed by atoms with Crippen LogP contribution >= 0.6 is 22.6 Å². The molecule has 6 rings (SSSR count). The monoisotopic (exact) mass is 522 g/mol. The molecule has 0 bridgehead atoms. The van der Waals surface area contributed by atoms with E-state index in [-0.39, 0.29) is 5.82 Å². The van der Waals surface area contributed by atoms with Crippen molar-refractivity contribution in [2.45, 2.75) is 0 Å². The SMILES string of the molecule is Fc1ccc(-c2c3ccccc3c(-c3ccc4cc#ccc4c3)c3ccccc23)cc1I. The van der Waals surface area contributed by atoms with E-state index in [2.05, 4.69) is 101 Å². The number of halogens is 2. The largest absolute Gasteiger partial charge is 0.206 e. The average Bonchev–Trinajstić information content (AvgIpc) is 2.84. The minimum absolute atomic E-state index is 0.190. The van der Waals surface area contributed by atoms with E-state index in [0.717, 1.165) is 32.7 Å². The molecule has 0 heterocycles. The van der Waals surface area contributed by atoms with Gasteiger partial charge in [-0.25, -0.2) is 4.39 Å². The van der Waals surface area contributed by atoms with Crippen molar-refractivity contribution in [2.24, 2.45) is 0 Å². The fraction of sp³-hybridized carbons (Fsp3) is 0. The summed E-state index contributed by atoms with van der Waals surface area (Å²) in [7, 11) is 0. The molecule has 0 spiro atoms. The number of benzene rings is 5. The Morgan fingerprint density at radius 1 is 0.562 bits per heavy atom. The van der Waals surface area contributed by atoms with Crippen LogP contribution in [0.1, 0.15) is 0 Å². The first-order chi connectivity index (χ1) is 15.7. The second kappa shape index (κ2) is 7.62. The van der Waals surface area contributed by atoms with Crippen LogP contribution in [-0.4, -0.2) is 0 Å². The Labute approximate surface area is 199 Å². The van der Waals surface area contributed by atoms with Crippen LogP contribution in [0.25, 0.3) is 54.6 Å². The van der Waals surface area contributed by atoms with Crippen molar-refractivity contribution in [1.29, 1.82) is 0 Å². The van der Waals surface area contributed by atoms with Crippen LogP contribution in [0.3, 0.4) is 0 Å². The van der Waals surface area contributed by atoms with Crippen LogP contribution in [-0.2, 0) is 0 Å². The van der Waals surface area contributed by atoms with E-state index in [9.17, 15) is 4.39 Å². The maximum atomic E-state index is 14.0. The van der Waals surface area contributed by atoms with E-state index in [4.69, 9.17) is 0 Å². The zero-order valence-corrected chi connectivity index (χ0v) is 19.2. The first kappa shape index (κ1) is 19.3. The summed E-state index contributed by atoms with van der Waals surface area (Å²) >= 11 is 2.07. The maximum Gasteiger partial charge on any atom is 0.136 e. The second-order valence-corrected chi connectivity index (χ2v) is 9.05. The molecule has 0 aliphatic carbocycles. The van der Waals surface area contributed by atoms with Gasteiger partial charge in [-0.2, -0.15) is 0 Å². The van der Waals surface area contributed by atoms with Crippen LogP contribution < -0.4 is 0 Å². The standard InChI is InChI=1S/C30H16FI/c31-27-16-15-22(18-28(27)32)30-25-11-5-3-9-23(25)29(24-10-4-6-12-26(24)30)21-14-13-19-7-1-2-8-20(19)17-21/h3-18H. The summed E-state index contributed by atoms with van der Waals surface area (Å²) in [6, 6.07) is 39.0. The van der Waals surface area contributed by atoms with Gasteiger partial charge in [0.1, 0.15) is 5.82 Å². The first-order valence-electron chi connectivity index (χ1n) is 10.4. The van der Waals surface area contributed by atoms with Gasteiger partial charge < -0.3 is 0 Å². The summed E-state index contributed by atoms with van der Waals surface area (Å²) in [5, 5.41) is 7.00. The third-order valence-electron chi connectivity index (χ3n) is 6.05. The van der Waals surface area contributed by atoms with Gasteiger partial charge in [-0.3, -0.25) is 0 Å². The molecule has 0 aliphatic heterocycles. The van der Waals surface area contributed by atoms with Crippen molar-refractivity contribution in [1.82, 2.24) is 0 Å². The Bertz CT molecular complexity index is 1590. The van der Waals surface area contributed by atoms with Gasteiger partial charge >= 0.3 is 0 Å². The van der Waals surface area contributed by atoms with Gasteiger partial charge in [0.25, 0.3) is 0 Å². The topological polar surface area (TPSA) is 0 Å². The molecule has 0 aliphatic rings. The Morgan fingerprint density at radius 3 is 1.62 bits per heavy atom. The van der Waals surface area contributed by atoms with E-state index < -0.39 is 0 Å². The van der Waals surface area contributed by atoms with E-state index in [1.165, 1.54) is 21.9 Å². The van der Waals surface area contributed by atoms with Crippen molar-refractivity contribution >= 4 is 54.9 Å². The van der Waals surface area contributed by atoms with Crippen molar-refractivity contribution in [3.63, 3.8) is 0 Å². The van der Waals surface area contributed by atoms with Gasteiger partial charge in [0.2, 0.25) is 0 Å². The molecule has 2 heteroatoms. The highest BCUT2D eigenvalue weighted by molar-refractivity contribution is 14.1. The lowest BCUT2D eigenvalue weighted by molar-refractivity contribution is 0.620. The van der Waals surface area contributed by atoms with Crippen molar-refractivity contribution < 1.29 is 4.39 Å². The Morgan fingerprint density at radius 2 is 1.06 bits per heavy atom. The Balaban J connectivity index is 1.76. The average molecular weight is 522 g/mol. The molecular formula is C30H16FI. The van der Waals surface area contributed by atoms with Gasteiger partial charge in [-0.15, -0.1) is 0 Å². The molecule has 150 valence electrons. The molecule has 0 saturated carbocycles. The number of rotatable bonds is 2. The summed E-state index contributed by atoms with van der Waals surface area (Å²) in [5.41, 5.74) is 4.55. The second-order valence-electron chi connectivity index (χ2n) is 7.89. The van der Waals surface area contributed by atoms with Gasteiger partial charge in [-0.1, -0.05) is 78.9 Å². The van der Waals surface area contributed by atoms with Gasteiger partial charge in [0.15, 0.2) is 0 Å². The molecule has 0 radical (unpaired) electrons. The Hall–Kier alpha value is -3.42. The van der Waals surface area contributed by atoms with Crippen molar-refractivity contribution in [2.75, 3.05) is 0 Å². The molecule has 0 fully saturated rings. The van der Waals surface area contributed by atoms with Crippen LogP contribution in [0, 0.1) is 21.5 Å². The molecule has 6 aromatic carbocycles. The lowest BCUT2D eigenvalue weighted by atomic mass is 9.85. The normalized spacial score (nSPS) is 11.2. The van der Waals surface area contributed by atoms with Gasteiger partial charge in [0, 0.05) is 3.57 Å². The lowest BCUT2D eigenvalue weighted by Gasteiger charge is -2.18. The van der Waals surface area contributed by atoms with E-state index in [1.54, 1.807) is 6.07 Å². The molecule has 32 heavy (non-hydrogen) atoms. The highest BCUT2D eigenvalue weighted by Gasteiger charge is 2.17. The fourth-order valence-corrected chi connectivity index (χ4v) is 5.14. The zero-order chi connectivity index (χ0) is 21.7. The van der Waals surface area contributed by atoms with Crippen LogP contribution in [0.4, 0.5) is 4.39 Å². The molecule has 0 atom stereocenters. The third kappa shape index (κ3) is 3.04. The smallest absolute Gasteiger partial charge is 0.136 e. The summed E-state index contributed by atoms with van der Waals surface area (Å²) in [5.74, 6) is -0.190. The predicted octanol–water partition coefficient (Wildman–Crippen LogP) is 8.82. The minimum Gasteiger partial charge on any atom is -0.206 e. The summed E-state index contributed by atoms with van der Waals surface area (Å²) < 4.78 is 14.7. The van der Waals surface area contributed by atoms with E-state index in [1.807, 2.05) is 24.3 Å². The summed E-state index contributed by atoms with van der Waals surface area (Å²) in [6.45, 7) is 0. The fourth-order valence-electron chi connectivity index (χ4n) is 4.63.